The largest absolute Gasteiger partial charge is 0.324 e. The molecule has 4 fully saturated rings. The number of halogens is 2. The molecule has 1 aromatic rings. The van der Waals surface area contributed by atoms with Gasteiger partial charge in [0.2, 0.25) is 17.7 Å². The van der Waals surface area contributed by atoms with Crippen molar-refractivity contribution in [1.29, 1.82) is 0 Å². The summed E-state index contributed by atoms with van der Waals surface area (Å²) in [4.78, 5) is 40.9. The van der Waals surface area contributed by atoms with Gasteiger partial charge in [-0.3, -0.25) is 19.3 Å². The van der Waals surface area contributed by atoms with Gasteiger partial charge in [-0.15, -0.1) is 0 Å². The van der Waals surface area contributed by atoms with Crippen LogP contribution in [-0.2, 0) is 14.4 Å². The van der Waals surface area contributed by atoms with Gasteiger partial charge in [0.1, 0.15) is 0 Å². The first-order valence-electron chi connectivity index (χ1n) is 11.3. The lowest BCUT2D eigenvalue weighted by atomic mass is 9.63. The fourth-order valence-electron chi connectivity index (χ4n) is 6.77. The van der Waals surface area contributed by atoms with Crippen LogP contribution in [0.15, 0.2) is 30.4 Å². The highest BCUT2D eigenvalue weighted by Crippen LogP contribution is 2.65. The normalized spacial score (nSPS) is 40.0. The van der Waals surface area contributed by atoms with E-state index in [0.29, 0.717) is 53.3 Å². The van der Waals surface area contributed by atoms with Gasteiger partial charge >= 0.3 is 0 Å². The number of nitrogens with zero attached hydrogens (tertiary/aromatic N) is 1. The number of anilines is 1. The van der Waals surface area contributed by atoms with E-state index in [4.69, 9.17) is 23.2 Å². The SMILES string of the molecule is O=C(Nc1cccc(Cl)c1Cl)C1CCC(N2C(=O)[C@H]3[C@@H]4C=C[C@@H]([C@H]5C[C@H]45)[C@@H]3C2=O)CC1. The number of rotatable bonds is 3. The number of allylic oxidation sites excluding steroid dienone is 2. The van der Waals surface area contributed by atoms with Crippen LogP contribution in [-0.4, -0.2) is 28.7 Å². The summed E-state index contributed by atoms with van der Waals surface area (Å²) in [5.41, 5.74) is 0.511. The monoisotopic (exact) mass is 458 g/mol. The van der Waals surface area contributed by atoms with Crippen molar-refractivity contribution in [1.82, 2.24) is 4.90 Å². The molecule has 7 heteroatoms. The Hall–Kier alpha value is -1.85. The van der Waals surface area contributed by atoms with E-state index in [0.717, 1.165) is 0 Å². The van der Waals surface area contributed by atoms with Gasteiger partial charge < -0.3 is 5.32 Å². The minimum Gasteiger partial charge on any atom is -0.324 e. The van der Waals surface area contributed by atoms with Crippen LogP contribution in [0.4, 0.5) is 5.69 Å². The van der Waals surface area contributed by atoms with Crippen LogP contribution in [0, 0.1) is 41.4 Å². The highest BCUT2D eigenvalue weighted by atomic mass is 35.5. The van der Waals surface area contributed by atoms with E-state index in [1.165, 1.54) is 6.42 Å². The number of hydrogen-bond acceptors (Lipinski definition) is 3. The molecule has 5 aliphatic carbocycles. The molecule has 5 nitrogen and oxygen atoms in total. The van der Waals surface area contributed by atoms with Gasteiger partial charge in [0, 0.05) is 12.0 Å². The number of hydrogen-bond donors (Lipinski definition) is 1. The zero-order chi connectivity index (χ0) is 21.4. The van der Waals surface area contributed by atoms with Crippen LogP contribution in [0.5, 0.6) is 0 Å². The zero-order valence-corrected chi connectivity index (χ0v) is 18.5. The van der Waals surface area contributed by atoms with E-state index in [1.54, 1.807) is 23.1 Å². The lowest BCUT2D eigenvalue weighted by Crippen LogP contribution is -2.44. The van der Waals surface area contributed by atoms with Crippen molar-refractivity contribution >= 4 is 46.6 Å². The van der Waals surface area contributed by atoms with Crippen LogP contribution >= 0.6 is 23.2 Å². The van der Waals surface area contributed by atoms with E-state index < -0.39 is 0 Å². The molecule has 0 spiro atoms. The van der Waals surface area contributed by atoms with Crippen molar-refractivity contribution < 1.29 is 14.4 Å². The second-order valence-electron chi connectivity index (χ2n) is 9.80. The molecule has 7 rings (SSSR count). The first-order valence-corrected chi connectivity index (χ1v) is 12.0. The third-order valence-electron chi connectivity index (χ3n) is 8.34. The third kappa shape index (κ3) is 2.92. The van der Waals surface area contributed by atoms with E-state index in [2.05, 4.69) is 17.5 Å². The van der Waals surface area contributed by atoms with Crippen LogP contribution in [0.3, 0.4) is 0 Å². The average molecular weight is 459 g/mol. The van der Waals surface area contributed by atoms with Crippen molar-refractivity contribution in [2.24, 2.45) is 41.4 Å². The van der Waals surface area contributed by atoms with Gasteiger partial charge in [0.25, 0.3) is 0 Å². The Balaban J connectivity index is 1.12. The second kappa shape index (κ2) is 7.08. The molecule has 0 unspecified atom stereocenters. The molecular formula is C24H24Cl2N2O3. The van der Waals surface area contributed by atoms with Crippen LogP contribution in [0.25, 0.3) is 0 Å². The van der Waals surface area contributed by atoms with E-state index in [9.17, 15) is 14.4 Å². The fraction of sp³-hybridized carbons (Fsp3) is 0.542. The molecule has 0 aromatic heterocycles. The second-order valence-corrected chi connectivity index (χ2v) is 10.6. The summed E-state index contributed by atoms with van der Waals surface area (Å²) in [5.74, 6) is 1.30. The Kier molecular flexibility index (Phi) is 4.52. The zero-order valence-electron chi connectivity index (χ0n) is 17.0. The smallest absolute Gasteiger partial charge is 0.233 e. The Morgan fingerprint density at radius 2 is 1.55 bits per heavy atom. The summed E-state index contributed by atoms with van der Waals surface area (Å²) in [7, 11) is 0. The van der Waals surface area contributed by atoms with Crippen molar-refractivity contribution in [3.63, 3.8) is 0 Å². The predicted molar refractivity (Wildman–Crippen MR) is 117 cm³/mol. The highest BCUT2D eigenvalue weighted by molar-refractivity contribution is 6.44. The summed E-state index contributed by atoms with van der Waals surface area (Å²) < 4.78 is 0. The molecule has 1 aliphatic heterocycles. The van der Waals surface area contributed by atoms with Crippen molar-refractivity contribution in [2.45, 2.75) is 38.1 Å². The Morgan fingerprint density at radius 3 is 2.16 bits per heavy atom. The summed E-state index contributed by atoms with van der Waals surface area (Å²) >= 11 is 12.2. The lowest BCUT2D eigenvalue weighted by molar-refractivity contribution is -0.144. The molecule has 162 valence electrons. The van der Waals surface area contributed by atoms with E-state index in [-0.39, 0.29) is 53.4 Å². The fourth-order valence-corrected chi connectivity index (χ4v) is 7.12. The van der Waals surface area contributed by atoms with Gasteiger partial charge in [-0.1, -0.05) is 41.4 Å². The molecule has 0 radical (unpaired) electrons. The molecular weight excluding hydrogens is 435 g/mol. The summed E-state index contributed by atoms with van der Waals surface area (Å²) in [6.07, 6.45) is 8.23. The maximum atomic E-state index is 13.3. The Bertz CT molecular complexity index is 980. The molecule has 6 atom stereocenters. The predicted octanol–water partition coefficient (Wildman–Crippen LogP) is 4.54. The number of imide groups is 1. The third-order valence-corrected chi connectivity index (χ3v) is 9.16. The number of nitrogens with one attached hydrogen (secondary N) is 1. The molecule has 1 saturated heterocycles. The molecule has 1 heterocycles. The number of amides is 3. The summed E-state index contributed by atoms with van der Waals surface area (Å²) in [6.45, 7) is 0. The highest BCUT2D eigenvalue weighted by Gasteiger charge is 2.67. The van der Waals surface area contributed by atoms with Crippen molar-refractivity contribution in [3.05, 3.63) is 40.4 Å². The van der Waals surface area contributed by atoms with Gasteiger partial charge in [0.05, 0.1) is 27.6 Å². The molecule has 3 amide bonds. The summed E-state index contributed by atoms with van der Waals surface area (Å²) in [5, 5.41) is 3.62. The maximum absolute atomic E-state index is 13.3. The maximum Gasteiger partial charge on any atom is 0.233 e. The van der Waals surface area contributed by atoms with Crippen LogP contribution < -0.4 is 5.32 Å². The van der Waals surface area contributed by atoms with Gasteiger partial charge in [0.15, 0.2) is 0 Å². The van der Waals surface area contributed by atoms with Crippen LogP contribution in [0.1, 0.15) is 32.1 Å². The molecule has 3 saturated carbocycles. The molecule has 2 bridgehead atoms. The summed E-state index contributed by atoms with van der Waals surface area (Å²) in [6, 6.07) is 5.07. The first-order chi connectivity index (χ1) is 15.0. The van der Waals surface area contributed by atoms with E-state index >= 15 is 0 Å². The minimum absolute atomic E-state index is 0.0401. The van der Waals surface area contributed by atoms with Gasteiger partial charge in [-0.05, 0) is 67.9 Å². The van der Waals surface area contributed by atoms with E-state index in [1.807, 2.05) is 0 Å². The number of carbonyl (C=O) groups is 3. The molecule has 1 N–H and O–H groups in total. The minimum atomic E-state index is -0.160. The van der Waals surface area contributed by atoms with Crippen molar-refractivity contribution in [2.75, 3.05) is 5.32 Å². The van der Waals surface area contributed by atoms with Gasteiger partial charge in [-0.2, -0.15) is 0 Å². The number of benzene rings is 1. The topological polar surface area (TPSA) is 66.5 Å². The van der Waals surface area contributed by atoms with Gasteiger partial charge in [-0.25, -0.2) is 0 Å². The molecule has 31 heavy (non-hydrogen) atoms. The number of likely N-dealkylation sites (tertiary alicyclic amines) is 1. The Morgan fingerprint density at radius 1 is 0.935 bits per heavy atom. The van der Waals surface area contributed by atoms with Crippen LogP contribution in [0.2, 0.25) is 10.0 Å². The molecule has 6 aliphatic rings. The lowest BCUT2D eigenvalue weighted by Gasteiger charge is -2.37. The number of carbonyl (C=O) groups excluding carboxylic acids is 3. The first kappa shape index (κ1) is 19.8. The average Bonchev–Trinajstić information content (AvgIpc) is 3.55. The quantitative estimate of drug-likeness (QED) is 0.533. The van der Waals surface area contributed by atoms with Crippen molar-refractivity contribution in [3.8, 4) is 0 Å². The Labute approximate surface area is 191 Å². The standard InChI is InChI=1S/C24H24Cl2N2O3/c25-17-2-1-3-18(21(17)26)27-22(29)11-4-6-12(7-5-11)28-23(30)19-13-8-9-14(16-10-15(13)16)20(19)24(28)31/h1-3,8-9,11-16,19-20H,4-7,10H2,(H,27,29)/t11?,12?,13-,14+,15-,16-,19+,20+/m1/s1. The molecule has 1 aromatic carbocycles.